The van der Waals surface area contributed by atoms with Gasteiger partial charge in [0, 0.05) is 11.5 Å². The fourth-order valence-electron chi connectivity index (χ4n) is 1.35. The van der Waals surface area contributed by atoms with Crippen molar-refractivity contribution in [2.45, 2.75) is 8.42 Å². The highest BCUT2D eigenvalue weighted by Crippen LogP contribution is 2.36. The van der Waals surface area contributed by atoms with Crippen molar-refractivity contribution < 1.29 is 76.8 Å². The van der Waals surface area contributed by atoms with Gasteiger partial charge < -0.3 is 9.47 Å². The summed E-state index contributed by atoms with van der Waals surface area (Å²) in [5.74, 6) is 1.14. The lowest BCUT2D eigenvalue weighted by Gasteiger charge is -2.17. The number of esters is 2. The van der Waals surface area contributed by atoms with Crippen LogP contribution in [0.5, 0.6) is 0 Å². The Balaban J connectivity index is 0.000000805. The molecule has 0 atom stereocenters. The molecule has 182 valence electrons. The summed E-state index contributed by atoms with van der Waals surface area (Å²) in [6.45, 7) is 0. The molecule has 12 nitrogen and oxygen atoms in total. The number of thioether (sulfide) groups is 2. The van der Waals surface area contributed by atoms with E-state index in [4.69, 9.17) is 46.7 Å². The Kier molecular flexibility index (Phi) is 15.8. The molecule has 0 aliphatic heterocycles. The minimum atomic E-state index is -4.94. The van der Waals surface area contributed by atoms with Crippen LogP contribution < -0.4 is 37.3 Å². The van der Waals surface area contributed by atoms with Crippen molar-refractivity contribution in [3.8, 4) is 0 Å². The van der Waals surface area contributed by atoms with Crippen LogP contribution >= 0.6 is 68.9 Å². The van der Waals surface area contributed by atoms with E-state index in [-0.39, 0.29) is 11.9 Å². The van der Waals surface area contributed by atoms with E-state index in [1.54, 1.807) is 46.2 Å². The Labute approximate surface area is 209 Å². The molecule has 0 aliphatic carbocycles. The predicted molar refractivity (Wildman–Crippen MR) is 97.3 cm³/mol. The lowest BCUT2D eigenvalue weighted by Crippen LogP contribution is -2.68. The molecule has 0 bridgehead atoms. The fourth-order valence-corrected chi connectivity index (χ4v) is 8.57. The predicted octanol–water partition coefficient (Wildman–Crippen LogP) is -4.56. The summed E-state index contributed by atoms with van der Waals surface area (Å²) in [4.78, 5) is 24.5. The van der Waals surface area contributed by atoms with Crippen LogP contribution in [0.2, 0.25) is 0 Å². The van der Waals surface area contributed by atoms with E-state index in [1.165, 1.54) is 36.9 Å². The van der Waals surface area contributed by atoms with E-state index < -0.39 is 20.5 Å². The topological polar surface area (TPSA) is 237 Å². The highest BCUT2D eigenvalue weighted by Gasteiger charge is 2.26. The maximum Gasteiger partial charge on any atom is 0.375 e. The SMILES string of the molecule is COC(=O)c1sc[s+]c1SCCSc1[s+]csc1C(=O)OC.[O-][Cl+3]([O-])([O-])[O-].[O-][Cl+3]([O-])([O-])[O-]. The van der Waals surface area contributed by atoms with Crippen LogP contribution in [0.25, 0.3) is 0 Å². The Bertz CT molecular complexity index is 753. The number of hydrogen-bond donors (Lipinski definition) is 0. The van der Waals surface area contributed by atoms with Gasteiger partial charge >= 0.3 is 11.9 Å². The number of carbonyl (C=O) groups excluding carboxylic acids is 2. The maximum atomic E-state index is 11.6. The fraction of sp³-hybridized carbons (Fsp3) is 0.333. The number of carbonyl (C=O) groups is 2. The zero-order valence-corrected chi connectivity index (χ0v) is 22.1. The zero-order chi connectivity index (χ0) is 24.9. The van der Waals surface area contributed by atoms with Gasteiger partial charge in [-0.05, 0) is 0 Å². The second-order valence-corrected chi connectivity index (χ2v) is 12.7. The first kappa shape index (κ1) is 32.0. The summed E-state index contributed by atoms with van der Waals surface area (Å²) >= 11 is 9.20. The monoisotopic (exact) mass is 610 g/mol. The van der Waals surface area contributed by atoms with Gasteiger partial charge in [0.25, 0.3) is 9.75 Å². The Hall–Kier alpha value is -0.000000000000000264. The van der Waals surface area contributed by atoms with Crippen LogP contribution in [0, 0.1) is 20.5 Å². The molecule has 0 saturated carbocycles. The molecular formula is C12H12Cl2O12S6. The van der Waals surface area contributed by atoms with Crippen LogP contribution in [0.3, 0.4) is 0 Å². The third-order valence-corrected chi connectivity index (χ3v) is 9.70. The van der Waals surface area contributed by atoms with Crippen LogP contribution in [-0.4, -0.2) is 37.7 Å². The third-order valence-electron chi connectivity index (χ3n) is 2.30. The van der Waals surface area contributed by atoms with Crippen molar-refractivity contribution in [3.63, 3.8) is 0 Å². The molecule has 0 unspecified atom stereocenters. The minimum Gasteiger partial charge on any atom is -0.463 e. The zero-order valence-electron chi connectivity index (χ0n) is 15.7. The van der Waals surface area contributed by atoms with Crippen LogP contribution in [-0.2, 0) is 9.47 Å². The first-order chi connectivity index (χ1) is 14.7. The molecule has 0 aromatic carbocycles. The van der Waals surface area contributed by atoms with Crippen molar-refractivity contribution in [1.82, 2.24) is 0 Å². The largest absolute Gasteiger partial charge is 0.463 e. The summed E-state index contributed by atoms with van der Waals surface area (Å²) in [5, 5.41) is 0. The first-order valence-electron chi connectivity index (χ1n) is 7.11. The van der Waals surface area contributed by atoms with Gasteiger partial charge in [0.2, 0.25) is 17.8 Å². The van der Waals surface area contributed by atoms with Gasteiger partial charge in [-0.15, -0.1) is 20.5 Å². The molecule has 0 fully saturated rings. The van der Waals surface area contributed by atoms with E-state index in [1.807, 2.05) is 9.39 Å². The van der Waals surface area contributed by atoms with E-state index in [2.05, 4.69) is 0 Å². The molecule has 0 amide bonds. The molecule has 0 radical (unpaired) electrons. The summed E-state index contributed by atoms with van der Waals surface area (Å²) in [6.07, 6.45) is 0. The lowest BCUT2D eigenvalue weighted by atomic mass is 10.6. The molecule has 2 heterocycles. The third kappa shape index (κ3) is 16.6. The molecule has 0 saturated heterocycles. The molecular weight excluding hydrogens is 599 g/mol. The number of halogens is 2. The van der Waals surface area contributed by atoms with Gasteiger partial charge in [0.15, 0.2) is 0 Å². The Morgan fingerprint density at radius 2 is 1.06 bits per heavy atom. The normalized spacial score (nSPS) is 10.9. The Morgan fingerprint density at radius 3 is 1.31 bits per heavy atom. The average Bonchev–Trinajstić information content (AvgIpc) is 3.30. The number of ether oxygens (including phenoxy) is 2. The molecule has 0 N–H and O–H groups in total. The highest BCUT2D eigenvalue weighted by molar-refractivity contribution is 8.05. The van der Waals surface area contributed by atoms with E-state index >= 15 is 0 Å². The highest BCUT2D eigenvalue weighted by atomic mass is 35.7. The molecule has 0 spiro atoms. The standard InChI is InChI=1S/C12H12O4S6.2ClHO4/c1-15-9(13)7-11(21-5-19-7)17-3-4-18-12-8(10(14)16-2)20-6-22-12;2*2-1(3,4)5/h5-6H,3-4H2,1-2H3;2*(H,2,3,4,5)/q+2;;/p-2. The molecule has 2 rings (SSSR count). The van der Waals surface area contributed by atoms with Crippen molar-refractivity contribution in [1.29, 1.82) is 0 Å². The van der Waals surface area contributed by atoms with Crippen LogP contribution in [0.15, 0.2) is 17.8 Å². The van der Waals surface area contributed by atoms with Crippen molar-refractivity contribution in [2.24, 2.45) is 0 Å². The van der Waals surface area contributed by atoms with E-state index in [0.29, 0.717) is 9.75 Å². The smallest absolute Gasteiger partial charge is 0.375 e. The average molecular weight is 612 g/mol. The molecule has 0 aliphatic rings. The van der Waals surface area contributed by atoms with Crippen molar-refractivity contribution in [3.05, 3.63) is 19.1 Å². The van der Waals surface area contributed by atoms with E-state index in [0.717, 1.165) is 19.9 Å². The van der Waals surface area contributed by atoms with Crippen molar-refractivity contribution >= 4 is 80.8 Å². The summed E-state index contributed by atoms with van der Waals surface area (Å²) in [7, 11) is -7.10. The van der Waals surface area contributed by atoms with Gasteiger partial charge in [-0.2, -0.15) is 0 Å². The van der Waals surface area contributed by atoms with Gasteiger partial charge in [-0.25, -0.2) is 46.9 Å². The van der Waals surface area contributed by atoms with Crippen LogP contribution in [0.4, 0.5) is 0 Å². The molecule has 32 heavy (non-hydrogen) atoms. The summed E-state index contributed by atoms with van der Waals surface area (Å²) < 4.78 is 83.3. The van der Waals surface area contributed by atoms with Gasteiger partial charge in [0.1, 0.15) is 0 Å². The quantitative estimate of drug-likeness (QED) is 0.124. The van der Waals surface area contributed by atoms with Crippen molar-refractivity contribution in [2.75, 3.05) is 25.7 Å². The minimum absolute atomic E-state index is 0.283. The number of hydrogen-bond acceptors (Lipinski definition) is 16. The lowest BCUT2D eigenvalue weighted by molar-refractivity contribution is -2.00. The van der Waals surface area contributed by atoms with E-state index in [9.17, 15) is 9.59 Å². The maximum absolute atomic E-state index is 11.6. The number of methoxy groups -OCH3 is 2. The second-order valence-electron chi connectivity index (χ2n) is 4.33. The van der Waals surface area contributed by atoms with Gasteiger partial charge in [-0.3, -0.25) is 0 Å². The molecule has 2 aromatic rings. The van der Waals surface area contributed by atoms with Gasteiger partial charge in [-0.1, -0.05) is 23.5 Å². The Morgan fingerprint density at radius 1 is 0.781 bits per heavy atom. The summed E-state index contributed by atoms with van der Waals surface area (Å²) in [6, 6.07) is 0. The molecule has 2 aromatic heterocycles. The molecule has 20 heteroatoms. The van der Waals surface area contributed by atoms with Crippen LogP contribution in [0.1, 0.15) is 19.3 Å². The first-order valence-corrected chi connectivity index (χ1v) is 15.1. The number of rotatable bonds is 7. The van der Waals surface area contributed by atoms with Gasteiger partial charge in [0.05, 0.1) is 59.6 Å². The second kappa shape index (κ2) is 15.8. The summed E-state index contributed by atoms with van der Waals surface area (Å²) in [5.41, 5.74) is 0.